The number of hydrogen-bond donors (Lipinski definition) is 1. The van der Waals surface area contributed by atoms with Crippen LogP contribution in [0.1, 0.15) is 50.5 Å². The summed E-state index contributed by atoms with van der Waals surface area (Å²) in [7, 11) is 1.74. The molecule has 21 heavy (non-hydrogen) atoms. The van der Waals surface area contributed by atoms with Crippen LogP contribution in [0.4, 0.5) is 0 Å². The molecular weight excluding hydrogens is 262 g/mol. The van der Waals surface area contributed by atoms with Crippen LogP contribution < -0.4 is 5.32 Å². The smallest absolute Gasteiger partial charge is 0.134 e. The maximum absolute atomic E-state index is 6.06. The lowest BCUT2D eigenvalue weighted by molar-refractivity contribution is 0.183. The van der Waals surface area contributed by atoms with Crippen molar-refractivity contribution in [2.24, 2.45) is 0 Å². The van der Waals surface area contributed by atoms with E-state index in [1.54, 1.807) is 7.11 Å². The van der Waals surface area contributed by atoms with Crippen LogP contribution in [0.3, 0.4) is 0 Å². The number of nitrogens with one attached hydrogen (secondary N) is 1. The largest absolute Gasteiger partial charge is 0.459 e. The molecule has 0 bridgehead atoms. The molecule has 1 aromatic heterocycles. The van der Waals surface area contributed by atoms with Crippen LogP contribution in [0.2, 0.25) is 0 Å². The molecule has 0 saturated heterocycles. The molecule has 1 aliphatic carbocycles. The molecule has 0 unspecified atom stereocenters. The molecule has 0 radical (unpaired) electrons. The lowest BCUT2D eigenvalue weighted by Gasteiger charge is -2.18. The molecule has 2 aromatic rings. The minimum atomic E-state index is 0.141. The Morgan fingerprint density at radius 2 is 2.05 bits per heavy atom. The standard InChI is InChI=1S/C18H25NO2/c1-18(2,3)12-5-8-16-14(9-12)15(11-20-4)17(21-16)10-19-13-6-7-13/h5,8-9,13,19H,6-7,10-11H2,1-4H3. The zero-order valence-electron chi connectivity index (χ0n) is 13.5. The van der Waals surface area contributed by atoms with Gasteiger partial charge >= 0.3 is 0 Å². The van der Waals surface area contributed by atoms with Gasteiger partial charge in [-0.2, -0.15) is 0 Å². The Morgan fingerprint density at radius 1 is 1.29 bits per heavy atom. The highest BCUT2D eigenvalue weighted by atomic mass is 16.5. The Labute approximate surface area is 126 Å². The van der Waals surface area contributed by atoms with E-state index in [-0.39, 0.29) is 5.41 Å². The summed E-state index contributed by atoms with van der Waals surface area (Å²) in [6, 6.07) is 7.20. The van der Waals surface area contributed by atoms with Crippen LogP contribution in [-0.2, 0) is 23.3 Å². The third kappa shape index (κ3) is 3.14. The molecule has 1 fully saturated rings. The van der Waals surface area contributed by atoms with Gasteiger partial charge in [-0.3, -0.25) is 0 Å². The number of fused-ring (bicyclic) bond motifs is 1. The predicted octanol–water partition coefficient (Wildman–Crippen LogP) is 4.13. The van der Waals surface area contributed by atoms with Gasteiger partial charge in [-0.1, -0.05) is 26.8 Å². The van der Waals surface area contributed by atoms with E-state index in [0.29, 0.717) is 12.6 Å². The van der Waals surface area contributed by atoms with Crippen molar-refractivity contribution in [2.75, 3.05) is 7.11 Å². The van der Waals surface area contributed by atoms with Crippen molar-refractivity contribution in [1.29, 1.82) is 0 Å². The van der Waals surface area contributed by atoms with E-state index in [4.69, 9.17) is 9.15 Å². The van der Waals surface area contributed by atoms with Crippen molar-refractivity contribution in [3.05, 3.63) is 35.1 Å². The number of ether oxygens (including phenoxy) is 1. The summed E-state index contributed by atoms with van der Waals surface area (Å²) in [6.45, 7) is 8.10. The summed E-state index contributed by atoms with van der Waals surface area (Å²) in [5.41, 5.74) is 3.62. The van der Waals surface area contributed by atoms with E-state index in [1.165, 1.54) is 29.4 Å². The average molecular weight is 287 g/mol. The normalized spacial score (nSPS) is 15.8. The first-order valence-electron chi connectivity index (χ1n) is 7.76. The molecule has 3 heteroatoms. The molecule has 0 amide bonds. The Morgan fingerprint density at radius 3 is 2.67 bits per heavy atom. The van der Waals surface area contributed by atoms with E-state index < -0.39 is 0 Å². The summed E-state index contributed by atoms with van der Waals surface area (Å²) >= 11 is 0. The molecule has 3 rings (SSSR count). The molecule has 3 nitrogen and oxygen atoms in total. The number of benzene rings is 1. The molecule has 1 aliphatic rings. The molecule has 1 saturated carbocycles. The second-order valence-corrected chi connectivity index (χ2v) is 7.05. The van der Waals surface area contributed by atoms with Crippen molar-refractivity contribution in [1.82, 2.24) is 5.32 Å². The molecule has 0 spiro atoms. The predicted molar refractivity (Wildman–Crippen MR) is 85.5 cm³/mol. The van der Waals surface area contributed by atoms with Gasteiger partial charge in [0.25, 0.3) is 0 Å². The van der Waals surface area contributed by atoms with Crippen LogP contribution >= 0.6 is 0 Å². The molecule has 1 aromatic carbocycles. The fraction of sp³-hybridized carbons (Fsp3) is 0.556. The van der Waals surface area contributed by atoms with E-state index in [9.17, 15) is 0 Å². The Balaban J connectivity index is 1.99. The topological polar surface area (TPSA) is 34.4 Å². The Kier molecular flexibility index (Phi) is 3.80. The van der Waals surface area contributed by atoms with Crippen molar-refractivity contribution in [2.45, 2.75) is 58.2 Å². The first kappa shape index (κ1) is 14.6. The van der Waals surface area contributed by atoms with Crippen molar-refractivity contribution in [3.63, 3.8) is 0 Å². The second-order valence-electron chi connectivity index (χ2n) is 7.05. The van der Waals surface area contributed by atoms with Gasteiger partial charge in [-0.05, 0) is 36.0 Å². The maximum atomic E-state index is 6.06. The number of hydrogen-bond acceptors (Lipinski definition) is 3. The Bertz CT molecular complexity index is 632. The van der Waals surface area contributed by atoms with Gasteiger partial charge in [0, 0.05) is 24.1 Å². The molecule has 1 N–H and O–H groups in total. The summed E-state index contributed by atoms with van der Waals surface area (Å²) in [6.07, 6.45) is 2.57. The third-order valence-corrected chi connectivity index (χ3v) is 4.16. The van der Waals surface area contributed by atoms with Gasteiger partial charge in [0.2, 0.25) is 0 Å². The van der Waals surface area contributed by atoms with Crippen LogP contribution in [-0.4, -0.2) is 13.2 Å². The Hall–Kier alpha value is -1.32. The summed E-state index contributed by atoms with van der Waals surface area (Å²) < 4.78 is 11.5. The van der Waals surface area contributed by atoms with Gasteiger partial charge in [0.05, 0.1) is 13.2 Å². The van der Waals surface area contributed by atoms with E-state index >= 15 is 0 Å². The fourth-order valence-corrected chi connectivity index (χ4v) is 2.64. The highest BCUT2D eigenvalue weighted by molar-refractivity contribution is 5.83. The van der Waals surface area contributed by atoms with Gasteiger partial charge in [0.15, 0.2) is 0 Å². The van der Waals surface area contributed by atoms with Gasteiger partial charge in [-0.25, -0.2) is 0 Å². The van der Waals surface area contributed by atoms with Crippen LogP contribution in [0, 0.1) is 0 Å². The molecule has 114 valence electrons. The molecule has 1 heterocycles. The summed E-state index contributed by atoms with van der Waals surface area (Å²) in [4.78, 5) is 0. The number of methoxy groups -OCH3 is 1. The highest BCUT2D eigenvalue weighted by Gasteiger charge is 2.23. The van der Waals surface area contributed by atoms with E-state index in [2.05, 4.69) is 44.3 Å². The zero-order chi connectivity index (χ0) is 15.0. The van der Waals surface area contributed by atoms with Gasteiger partial charge in [0.1, 0.15) is 11.3 Å². The minimum Gasteiger partial charge on any atom is -0.459 e. The molecular formula is C18H25NO2. The maximum Gasteiger partial charge on any atom is 0.134 e. The van der Waals surface area contributed by atoms with E-state index in [0.717, 1.165) is 17.9 Å². The molecule has 0 aliphatic heterocycles. The van der Waals surface area contributed by atoms with Crippen LogP contribution in [0.5, 0.6) is 0 Å². The summed E-state index contributed by atoms with van der Waals surface area (Å²) in [5.74, 6) is 1.02. The van der Waals surface area contributed by atoms with E-state index in [1.807, 2.05) is 0 Å². The van der Waals surface area contributed by atoms with Crippen LogP contribution in [0.25, 0.3) is 11.0 Å². The number of furan rings is 1. The van der Waals surface area contributed by atoms with Crippen molar-refractivity contribution in [3.8, 4) is 0 Å². The minimum absolute atomic E-state index is 0.141. The fourth-order valence-electron chi connectivity index (χ4n) is 2.64. The highest BCUT2D eigenvalue weighted by Crippen LogP contribution is 2.32. The third-order valence-electron chi connectivity index (χ3n) is 4.16. The first-order valence-corrected chi connectivity index (χ1v) is 7.76. The van der Waals surface area contributed by atoms with Gasteiger partial charge in [-0.15, -0.1) is 0 Å². The quantitative estimate of drug-likeness (QED) is 0.898. The SMILES string of the molecule is COCc1c(CNC2CC2)oc2ccc(C(C)(C)C)cc12. The monoisotopic (exact) mass is 287 g/mol. The second kappa shape index (κ2) is 5.47. The lowest BCUT2D eigenvalue weighted by atomic mass is 9.86. The van der Waals surface area contributed by atoms with Crippen molar-refractivity contribution < 1.29 is 9.15 Å². The van der Waals surface area contributed by atoms with Crippen molar-refractivity contribution >= 4 is 11.0 Å². The van der Waals surface area contributed by atoms with Gasteiger partial charge < -0.3 is 14.5 Å². The van der Waals surface area contributed by atoms with Crippen LogP contribution in [0.15, 0.2) is 22.6 Å². The zero-order valence-corrected chi connectivity index (χ0v) is 13.5. The average Bonchev–Trinajstić information content (AvgIpc) is 3.19. The summed E-state index contributed by atoms with van der Waals surface area (Å²) in [5, 5.41) is 4.72. The first-order chi connectivity index (χ1) is 9.99. The molecule has 0 atom stereocenters. The lowest BCUT2D eigenvalue weighted by Crippen LogP contribution is -2.15. The number of rotatable bonds is 5.